The molecule has 2 aromatic carbocycles. The summed E-state index contributed by atoms with van der Waals surface area (Å²) in [7, 11) is -3.61. The van der Waals surface area contributed by atoms with Gasteiger partial charge in [-0.25, -0.2) is 8.42 Å². The normalized spacial score (nSPS) is 17.4. The number of benzene rings is 2. The van der Waals surface area contributed by atoms with E-state index in [-0.39, 0.29) is 0 Å². The highest BCUT2D eigenvalue weighted by molar-refractivity contribution is 7.92. The summed E-state index contributed by atoms with van der Waals surface area (Å²) in [5, 5.41) is 1.02. The molecule has 1 aliphatic rings. The molecule has 4 nitrogen and oxygen atoms in total. The van der Waals surface area contributed by atoms with Crippen molar-refractivity contribution in [3.05, 3.63) is 59.4 Å². The fourth-order valence-electron chi connectivity index (χ4n) is 3.58. The van der Waals surface area contributed by atoms with Gasteiger partial charge in [0.05, 0.1) is 4.90 Å². The van der Waals surface area contributed by atoms with Gasteiger partial charge < -0.3 is 4.42 Å². The second kappa shape index (κ2) is 5.92. The zero-order valence-corrected chi connectivity index (χ0v) is 15.2. The van der Waals surface area contributed by atoms with Gasteiger partial charge in [-0.15, -0.1) is 0 Å². The van der Waals surface area contributed by atoms with Crippen LogP contribution in [-0.4, -0.2) is 8.42 Å². The van der Waals surface area contributed by atoms with Crippen molar-refractivity contribution in [2.24, 2.45) is 5.92 Å². The number of nitrogens with one attached hydrogen (secondary N) is 1. The summed E-state index contributed by atoms with van der Waals surface area (Å²) in [6, 6.07) is 12.5. The van der Waals surface area contributed by atoms with Gasteiger partial charge in [-0.05, 0) is 55.5 Å². The van der Waals surface area contributed by atoms with Crippen LogP contribution in [0.2, 0.25) is 0 Å². The van der Waals surface area contributed by atoms with Crippen LogP contribution in [0.4, 0.5) is 5.69 Å². The Hall–Kier alpha value is -2.27. The average molecular weight is 355 g/mol. The van der Waals surface area contributed by atoms with Gasteiger partial charge in [-0.3, -0.25) is 4.72 Å². The number of sulfonamides is 1. The average Bonchev–Trinajstić information content (AvgIpc) is 2.92. The summed E-state index contributed by atoms with van der Waals surface area (Å²) in [6.45, 7) is 4.04. The Morgan fingerprint density at radius 3 is 2.76 bits per heavy atom. The first kappa shape index (κ1) is 16.2. The van der Waals surface area contributed by atoms with Crippen LogP contribution in [0.3, 0.4) is 0 Å². The van der Waals surface area contributed by atoms with E-state index in [9.17, 15) is 8.42 Å². The zero-order valence-electron chi connectivity index (χ0n) is 14.4. The van der Waals surface area contributed by atoms with Crippen molar-refractivity contribution in [1.29, 1.82) is 0 Å². The lowest BCUT2D eigenvalue weighted by Crippen LogP contribution is -2.14. The molecule has 0 bridgehead atoms. The molecule has 0 saturated carbocycles. The van der Waals surface area contributed by atoms with Crippen molar-refractivity contribution in [3.8, 4) is 0 Å². The number of anilines is 1. The zero-order chi connectivity index (χ0) is 17.6. The van der Waals surface area contributed by atoms with E-state index >= 15 is 0 Å². The number of rotatable bonds is 3. The minimum Gasteiger partial charge on any atom is -0.461 e. The van der Waals surface area contributed by atoms with Gasteiger partial charge in [-0.2, -0.15) is 0 Å². The molecule has 0 spiro atoms. The topological polar surface area (TPSA) is 59.3 Å². The van der Waals surface area contributed by atoms with Gasteiger partial charge in [0.2, 0.25) is 0 Å². The fraction of sp³-hybridized carbons (Fsp3) is 0.300. The molecule has 1 aromatic heterocycles. The van der Waals surface area contributed by atoms with Crippen molar-refractivity contribution in [2.45, 2.75) is 38.0 Å². The third-order valence-corrected chi connectivity index (χ3v) is 6.47. The first-order chi connectivity index (χ1) is 11.9. The maximum absolute atomic E-state index is 12.7. The molecule has 1 heterocycles. The molecule has 1 aliphatic carbocycles. The molecule has 4 rings (SSSR count). The first-order valence-electron chi connectivity index (χ1n) is 8.57. The largest absolute Gasteiger partial charge is 0.461 e. The molecule has 0 radical (unpaired) electrons. The second-order valence-electron chi connectivity index (χ2n) is 6.93. The van der Waals surface area contributed by atoms with E-state index in [0.29, 0.717) is 16.5 Å². The van der Waals surface area contributed by atoms with Crippen LogP contribution >= 0.6 is 0 Å². The Bertz CT molecular complexity index is 1050. The maximum Gasteiger partial charge on any atom is 0.262 e. The van der Waals surface area contributed by atoms with Gasteiger partial charge in [0.25, 0.3) is 10.0 Å². The molecule has 1 atom stereocenters. The SMILES string of the molecule is Cc1ccccc1S(=O)(=O)Nc1ccc2oc3c(c2c1)CC(C)CC3. The van der Waals surface area contributed by atoms with Crippen molar-refractivity contribution >= 4 is 26.7 Å². The Kier molecular flexibility index (Phi) is 3.84. The monoisotopic (exact) mass is 355 g/mol. The fourth-order valence-corrected chi connectivity index (χ4v) is 4.88. The van der Waals surface area contributed by atoms with E-state index in [1.807, 2.05) is 18.2 Å². The number of hydrogen-bond acceptors (Lipinski definition) is 3. The van der Waals surface area contributed by atoms with Gasteiger partial charge in [0, 0.05) is 23.1 Å². The van der Waals surface area contributed by atoms with Crippen LogP contribution in [0.5, 0.6) is 0 Å². The summed E-state index contributed by atoms with van der Waals surface area (Å²) >= 11 is 0. The molecule has 1 unspecified atom stereocenters. The van der Waals surface area contributed by atoms with Crippen LogP contribution in [0, 0.1) is 12.8 Å². The van der Waals surface area contributed by atoms with E-state index in [2.05, 4.69) is 11.6 Å². The summed E-state index contributed by atoms with van der Waals surface area (Å²) in [4.78, 5) is 0.304. The molecule has 3 aromatic rings. The molecule has 25 heavy (non-hydrogen) atoms. The lowest BCUT2D eigenvalue weighted by molar-refractivity contribution is 0.438. The van der Waals surface area contributed by atoms with Crippen molar-refractivity contribution in [2.75, 3.05) is 4.72 Å². The van der Waals surface area contributed by atoms with Crippen molar-refractivity contribution in [1.82, 2.24) is 0 Å². The quantitative estimate of drug-likeness (QED) is 0.743. The molecular weight excluding hydrogens is 334 g/mol. The Morgan fingerprint density at radius 1 is 1.16 bits per heavy atom. The van der Waals surface area contributed by atoms with Gasteiger partial charge >= 0.3 is 0 Å². The summed E-state index contributed by atoms with van der Waals surface area (Å²) in [6.07, 6.45) is 3.07. The van der Waals surface area contributed by atoms with Gasteiger partial charge in [-0.1, -0.05) is 25.1 Å². The summed E-state index contributed by atoms with van der Waals surface area (Å²) in [5.74, 6) is 1.67. The lowest BCUT2D eigenvalue weighted by Gasteiger charge is -2.16. The smallest absolute Gasteiger partial charge is 0.262 e. The van der Waals surface area contributed by atoms with Crippen LogP contribution in [0.25, 0.3) is 11.0 Å². The van der Waals surface area contributed by atoms with Gasteiger partial charge in [0.15, 0.2) is 0 Å². The lowest BCUT2D eigenvalue weighted by atomic mass is 9.88. The first-order valence-corrected chi connectivity index (χ1v) is 10.0. The van der Waals surface area contributed by atoms with E-state index in [0.717, 1.165) is 41.6 Å². The molecule has 1 N–H and O–H groups in total. The minimum absolute atomic E-state index is 0.304. The van der Waals surface area contributed by atoms with E-state index in [1.165, 1.54) is 5.56 Å². The summed E-state index contributed by atoms with van der Waals surface area (Å²) in [5.41, 5.74) is 3.35. The third-order valence-electron chi connectivity index (χ3n) is 4.93. The van der Waals surface area contributed by atoms with E-state index < -0.39 is 10.0 Å². The standard InChI is InChI=1S/C20H21NO3S/c1-13-7-9-18-16(11-13)17-12-15(8-10-19(17)24-18)21-25(22,23)20-6-4-3-5-14(20)2/h3-6,8,10,12-13,21H,7,9,11H2,1-2H3. The highest BCUT2D eigenvalue weighted by Gasteiger charge is 2.23. The highest BCUT2D eigenvalue weighted by atomic mass is 32.2. The third kappa shape index (κ3) is 2.93. The predicted molar refractivity (Wildman–Crippen MR) is 99.4 cm³/mol. The van der Waals surface area contributed by atoms with Gasteiger partial charge in [0.1, 0.15) is 11.3 Å². The maximum atomic E-state index is 12.7. The molecule has 0 fully saturated rings. The number of furan rings is 1. The van der Waals surface area contributed by atoms with E-state index in [4.69, 9.17) is 4.42 Å². The molecular formula is C20H21NO3S. The molecule has 0 saturated heterocycles. The molecule has 0 amide bonds. The van der Waals surface area contributed by atoms with Crippen molar-refractivity contribution < 1.29 is 12.8 Å². The van der Waals surface area contributed by atoms with Crippen LogP contribution < -0.4 is 4.72 Å². The van der Waals surface area contributed by atoms with Crippen LogP contribution in [0.15, 0.2) is 51.8 Å². The Balaban J connectivity index is 1.73. The Labute approximate surface area is 147 Å². The molecule has 0 aliphatic heterocycles. The molecule has 5 heteroatoms. The second-order valence-corrected chi connectivity index (χ2v) is 8.58. The summed E-state index contributed by atoms with van der Waals surface area (Å²) < 4.78 is 34.1. The predicted octanol–water partition coefficient (Wildman–Crippen LogP) is 4.67. The van der Waals surface area contributed by atoms with Crippen LogP contribution in [-0.2, 0) is 22.9 Å². The minimum atomic E-state index is -3.61. The Morgan fingerprint density at radius 2 is 1.96 bits per heavy atom. The molecule has 130 valence electrons. The van der Waals surface area contributed by atoms with Crippen LogP contribution in [0.1, 0.15) is 30.2 Å². The van der Waals surface area contributed by atoms with E-state index in [1.54, 1.807) is 31.2 Å². The number of hydrogen-bond donors (Lipinski definition) is 1. The number of aryl methyl sites for hydroxylation is 2. The van der Waals surface area contributed by atoms with Crippen molar-refractivity contribution in [3.63, 3.8) is 0 Å². The number of fused-ring (bicyclic) bond motifs is 3. The highest BCUT2D eigenvalue weighted by Crippen LogP contribution is 2.35.